The average Bonchev–Trinajstić information content (AvgIpc) is 2.72. The molecule has 3 N–H and O–H groups in total. The van der Waals surface area contributed by atoms with Gasteiger partial charge in [-0.15, -0.1) is 0 Å². The maximum absolute atomic E-state index is 12.6. The Kier molecular flexibility index (Phi) is 8.14. The molecule has 1 saturated carbocycles. The van der Waals surface area contributed by atoms with Crippen LogP contribution >= 0.6 is 12.2 Å². The Bertz CT molecular complexity index is 1050. The number of anilines is 2. The Balaban J connectivity index is 1.51. The quantitative estimate of drug-likeness (QED) is 0.517. The van der Waals surface area contributed by atoms with Gasteiger partial charge in [0, 0.05) is 23.5 Å². The van der Waals surface area contributed by atoms with Gasteiger partial charge in [0.25, 0.3) is 10.0 Å². The fourth-order valence-corrected chi connectivity index (χ4v) is 5.01. The first-order valence-corrected chi connectivity index (χ1v) is 12.7. The topological polar surface area (TPSA) is 113 Å². The summed E-state index contributed by atoms with van der Waals surface area (Å²) in [5.41, 5.74) is 1.91. The highest BCUT2D eigenvalue weighted by Crippen LogP contribution is 2.27. The van der Waals surface area contributed by atoms with Crippen molar-refractivity contribution >= 4 is 44.9 Å². The Morgan fingerprint density at radius 3 is 2.31 bits per heavy atom. The number of sulfonamides is 1. The molecule has 1 fully saturated rings. The van der Waals surface area contributed by atoms with Crippen molar-refractivity contribution in [3.63, 3.8) is 0 Å². The average molecular weight is 476 g/mol. The molecule has 1 heterocycles. The van der Waals surface area contributed by atoms with Crippen molar-refractivity contribution in [3.05, 3.63) is 41.7 Å². The lowest BCUT2D eigenvalue weighted by atomic mass is 9.86. The summed E-state index contributed by atoms with van der Waals surface area (Å²) in [5.74, 6) is 0.556. The minimum atomic E-state index is -3.83. The standard InChI is InChI=1S/C22H29N5O3S2/c1-15-14-16(2)24-21(23-15)27-32(29,30)19-11-9-18(10-12-19)25-22(31)26-20(28)13-8-17-6-4-3-5-7-17/h9-12,14,17H,3-8,13H2,1-2H3,(H,23,24,27)(H2,25,26,28,31). The van der Waals surface area contributed by atoms with Crippen molar-refractivity contribution in [2.24, 2.45) is 5.92 Å². The molecule has 32 heavy (non-hydrogen) atoms. The molecular formula is C22H29N5O3S2. The van der Waals surface area contributed by atoms with Crippen LogP contribution in [0.15, 0.2) is 35.2 Å². The van der Waals surface area contributed by atoms with Crippen LogP contribution < -0.4 is 15.4 Å². The molecule has 10 heteroatoms. The first kappa shape index (κ1) is 24.1. The van der Waals surface area contributed by atoms with Crippen LogP contribution in [-0.4, -0.2) is 29.4 Å². The third-order valence-electron chi connectivity index (χ3n) is 5.39. The van der Waals surface area contributed by atoms with E-state index in [9.17, 15) is 13.2 Å². The summed E-state index contributed by atoms with van der Waals surface area (Å²) in [6.45, 7) is 3.54. The number of aromatic nitrogens is 2. The molecule has 0 atom stereocenters. The van der Waals surface area contributed by atoms with Crippen LogP contribution in [0.3, 0.4) is 0 Å². The van der Waals surface area contributed by atoms with Crippen molar-refractivity contribution in [1.82, 2.24) is 15.3 Å². The van der Waals surface area contributed by atoms with Crippen molar-refractivity contribution < 1.29 is 13.2 Å². The normalized spacial score (nSPS) is 14.6. The highest BCUT2D eigenvalue weighted by atomic mass is 32.2. The lowest BCUT2D eigenvalue weighted by Crippen LogP contribution is -2.34. The number of carbonyl (C=O) groups is 1. The van der Waals surface area contributed by atoms with Gasteiger partial charge in [0.15, 0.2) is 5.11 Å². The van der Waals surface area contributed by atoms with Crippen molar-refractivity contribution in [2.45, 2.75) is 63.7 Å². The Morgan fingerprint density at radius 1 is 1.06 bits per heavy atom. The number of hydrogen-bond acceptors (Lipinski definition) is 6. The molecule has 0 aliphatic heterocycles. The van der Waals surface area contributed by atoms with Gasteiger partial charge in [-0.3, -0.25) is 4.79 Å². The summed E-state index contributed by atoms with van der Waals surface area (Å²) in [4.78, 5) is 20.4. The molecule has 1 aliphatic carbocycles. The van der Waals surface area contributed by atoms with Crippen LogP contribution in [0.25, 0.3) is 0 Å². The molecule has 1 aromatic heterocycles. The van der Waals surface area contributed by atoms with Crippen LogP contribution in [-0.2, 0) is 14.8 Å². The van der Waals surface area contributed by atoms with Crippen LogP contribution in [0, 0.1) is 19.8 Å². The van der Waals surface area contributed by atoms with Gasteiger partial charge in [-0.05, 0) is 68.7 Å². The van der Waals surface area contributed by atoms with E-state index in [4.69, 9.17) is 12.2 Å². The first-order valence-electron chi connectivity index (χ1n) is 10.8. The zero-order chi connectivity index (χ0) is 23.1. The summed E-state index contributed by atoms with van der Waals surface area (Å²) < 4.78 is 27.6. The van der Waals surface area contributed by atoms with E-state index in [-0.39, 0.29) is 21.9 Å². The zero-order valence-electron chi connectivity index (χ0n) is 18.3. The number of aryl methyl sites for hydroxylation is 2. The first-order chi connectivity index (χ1) is 15.2. The molecule has 1 aliphatic rings. The van der Waals surface area contributed by atoms with E-state index in [2.05, 4.69) is 25.3 Å². The van der Waals surface area contributed by atoms with E-state index >= 15 is 0 Å². The minimum Gasteiger partial charge on any atom is -0.332 e. The van der Waals surface area contributed by atoms with Crippen LogP contribution in [0.2, 0.25) is 0 Å². The van der Waals surface area contributed by atoms with Crippen molar-refractivity contribution in [3.8, 4) is 0 Å². The molecule has 0 spiro atoms. The molecule has 172 valence electrons. The van der Waals surface area contributed by atoms with Gasteiger partial charge in [0.05, 0.1) is 4.90 Å². The number of thiocarbonyl (C=S) groups is 1. The van der Waals surface area contributed by atoms with Crippen molar-refractivity contribution in [1.29, 1.82) is 0 Å². The highest BCUT2D eigenvalue weighted by Gasteiger charge is 2.17. The molecule has 0 radical (unpaired) electrons. The minimum absolute atomic E-state index is 0.0295. The SMILES string of the molecule is Cc1cc(C)nc(NS(=O)(=O)c2ccc(NC(=S)NC(=O)CCC3CCCCC3)cc2)n1. The van der Waals surface area contributed by atoms with Gasteiger partial charge < -0.3 is 10.6 Å². The molecule has 8 nitrogen and oxygen atoms in total. The molecule has 3 rings (SSSR count). The second kappa shape index (κ2) is 10.8. The maximum Gasteiger partial charge on any atom is 0.264 e. The largest absolute Gasteiger partial charge is 0.332 e. The molecule has 2 aromatic rings. The zero-order valence-corrected chi connectivity index (χ0v) is 20.0. The third-order valence-corrected chi connectivity index (χ3v) is 6.94. The monoisotopic (exact) mass is 475 g/mol. The van der Waals surface area contributed by atoms with Gasteiger partial charge in [-0.25, -0.2) is 23.1 Å². The maximum atomic E-state index is 12.6. The van der Waals surface area contributed by atoms with Gasteiger partial charge in [0.2, 0.25) is 11.9 Å². The fourth-order valence-electron chi connectivity index (χ4n) is 3.83. The van der Waals surface area contributed by atoms with E-state index in [0.29, 0.717) is 29.4 Å². The summed E-state index contributed by atoms with van der Waals surface area (Å²) in [6, 6.07) is 7.81. The Hall–Kier alpha value is -2.59. The number of nitrogens with zero attached hydrogens (tertiary/aromatic N) is 2. The van der Waals surface area contributed by atoms with Crippen LogP contribution in [0.4, 0.5) is 11.6 Å². The molecule has 1 amide bonds. The highest BCUT2D eigenvalue weighted by molar-refractivity contribution is 7.92. The molecular weight excluding hydrogens is 446 g/mol. The third kappa shape index (κ3) is 7.23. The van der Waals surface area contributed by atoms with E-state index in [1.165, 1.54) is 44.2 Å². The number of hydrogen-bond donors (Lipinski definition) is 3. The van der Waals surface area contributed by atoms with E-state index in [1.807, 2.05) is 0 Å². The molecule has 0 bridgehead atoms. The number of benzene rings is 1. The van der Waals surface area contributed by atoms with Crippen LogP contribution in [0.5, 0.6) is 0 Å². The van der Waals surface area contributed by atoms with E-state index in [1.54, 1.807) is 32.0 Å². The second-order valence-electron chi connectivity index (χ2n) is 8.15. The Morgan fingerprint density at radius 2 is 1.69 bits per heavy atom. The fraction of sp³-hybridized carbons (Fsp3) is 0.455. The Labute approximate surface area is 194 Å². The van der Waals surface area contributed by atoms with Gasteiger partial charge in [-0.1, -0.05) is 32.1 Å². The number of nitrogens with one attached hydrogen (secondary N) is 3. The molecule has 1 aromatic carbocycles. The van der Waals surface area contributed by atoms with Crippen molar-refractivity contribution in [2.75, 3.05) is 10.0 Å². The lowest BCUT2D eigenvalue weighted by Gasteiger charge is -2.21. The molecule has 0 saturated heterocycles. The van der Waals surface area contributed by atoms with Gasteiger partial charge in [0.1, 0.15) is 0 Å². The summed E-state index contributed by atoms with van der Waals surface area (Å²) >= 11 is 5.21. The summed E-state index contributed by atoms with van der Waals surface area (Å²) in [5, 5.41) is 5.79. The van der Waals surface area contributed by atoms with E-state index in [0.717, 1.165) is 6.42 Å². The predicted octanol–water partition coefficient (Wildman–Crippen LogP) is 4.07. The summed E-state index contributed by atoms with van der Waals surface area (Å²) in [6.07, 6.45) is 7.56. The van der Waals surface area contributed by atoms with Crippen LogP contribution in [0.1, 0.15) is 56.3 Å². The number of rotatable bonds is 7. The van der Waals surface area contributed by atoms with Gasteiger partial charge >= 0.3 is 0 Å². The van der Waals surface area contributed by atoms with Gasteiger partial charge in [-0.2, -0.15) is 0 Å². The predicted molar refractivity (Wildman–Crippen MR) is 129 cm³/mol. The second-order valence-corrected chi connectivity index (χ2v) is 10.2. The number of amides is 1. The lowest BCUT2D eigenvalue weighted by molar-refractivity contribution is -0.120. The molecule has 0 unspecified atom stereocenters. The smallest absolute Gasteiger partial charge is 0.264 e. The van der Waals surface area contributed by atoms with E-state index < -0.39 is 10.0 Å². The number of carbonyl (C=O) groups excluding carboxylic acids is 1. The summed E-state index contributed by atoms with van der Waals surface area (Å²) in [7, 11) is -3.83.